The number of allylic oxidation sites excluding steroid dienone is 2. The molecule has 4 atom stereocenters. The molecule has 6 heteroatoms. The predicted octanol–water partition coefficient (Wildman–Crippen LogP) is 2.26. The Hall–Kier alpha value is -1.08. The number of hydrogen-bond donors (Lipinski definition) is 0. The van der Waals surface area contributed by atoms with Gasteiger partial charge in [-0.25, -0.2) is 0 Å². The summed E-state index contributed by atoms with van der Waals surface area (Å²) in [6.07, 6.45) is 7.82. The standard InChI is InChI=1S/C20H28O6/c21-15(5-7-17-23-9-10-24-17)19-13-1-2-14(4-3-13)20(19)16(22)6-8-18-25-11-12-26-18/h1-2,13-14,17-20H,3-12H2/t13-,14+,19-,20-/m1/s1. The lowest BCUT2D eigenvalue weighted by molar-refractivity contribution is -0.140. The van der Waals surface area contributed by atoms with Crippen molar-refractivity contribution >= 4 is 11.6 Å². The monoisotopic (exact) mass is 364 g/mol. The van der Waals surface area contributed by atoms with Crippen molar-refractivity contribution in [3.05, 3.63) is 12.2 Å². The van der Waals surface area contributed by atoms with Gasteiger partial charge in [0.15, 0.2) is 12.6 Å². The Kier molecular flexibility index (Phi) is 5.84. The van der Waals surface area contributed by atoms with Crippen LogP contribution in [0.3, 0.4) is 0 Å². The highest BCUT2D eigenvalue weighted by atomic mass is 16.7. The van der Waals surface area contributed by atoms with Gasteiger partial charge in [-0.15, -0.1) is 0 Å². The Morgan fingerprint density at radius 2 is 1.08 bits per heavy atom. The number of ketones is 2. The van der Waals surface area contributed by atoms with E-state index >= 15 is 0 Å². The fraction of sp³-hybridized carbons (Fsp3) is 0.800. The molecule has 3 aliphatic carbocycles. The van der Waals surface area contributed by atoms with Crippen LogP contribution in [0, 0.1) is 23.7 Å². The molecule has 0 radical (unpaired) electrons. The third-order valence-electron chi connectivity index (χ3n) is 6.13. The van der Waals surface area contributed by atoms with Crippen molar-refractivity contribution in [3.63, 3.8) is 0 Å². The average Bonchev–Trinajstić information content (AvgIpc) is 3.38. The summed E-state index contributed by atoms with van der Waals surface area (Å²) in [6, 6.07) is 0. The Morgan fingerprint density at radius 3 is 1.42 bits per heavy atom. The smallest absolute Gasteiger partial charge is 0.158 e. The van der Waals surface area contributed by atoms with Crippen LogP contribution in [0.1, 0.15) is 38.5 Å². The molecule has 0 aromatic rings. The molecule has 1 saturated carbocycles. The zero-order valence-corrected chi connectivity index (χ0v) is 15.1. The van der Waals surface area contributed by atoms with Gasteiger partial charge < -0.3 is 18.9 Å². The summed E-state index contributed by atoms with van der Waals surface area (Å²) in [6.45, 7) is 2.40. The predicted molar refractivity (Wildman–Crippen MR) is 92.2 cm³/mol. The van der Waals surface area contributed by atoms with Crippen LogP contribution in [0.5, 0.6) is 0 Å². The lowest BCUT2D eigenvalue weighted by atomic mass is 9.59. The van der Waals surface area contributed by atoms with E-state index in [-0.39, 0.29) is 47.8 Å². The fourth-order valence-electron chi connectivity index (χ4n) is 4.87. The van der Waals surface area contributed by atoms with Crippen LogP contribution in [0.15, 0.2) is 12.2 Å². The van der Waals surface area contributed by atoms with E-state index in [4.69, 9.17) is 18.9 Å². The van der Waals surface area contributed by atoms with E-state index in [1.165, 1.54) is 0 Å². The minimum absolute atomic E-state index is 0.182. The second-order valence-corrected chi connectivity index (χ2v) is 7.69. The highest BCUT2D eigenvalue weighted by Gasteiger charge is 2.47. The zero-order valence-electron chi connectivity index (χ0n) is 15.1. The summed E-state index contributed by atoms with van der Waals surface area (Å²) >= 11 is 0. The van der Waals surface area contributed by atoms with Gasteiger partial charge >= 0.3 is 0 Å². The molecule has 2 saturated heterocycles. The highest BCUT2D eigenvalue weighted by molar-refractivity contribution is 5.91. The zero-order chi connectivity index (χ0) is 17.9. The Bertz CT molecular complexity index is 499. The van der Waals surface area contributed by atoms with Gasteiger partial charge in [0.2, 0.25) is 0 Å². The first-order valence-electron chi connectivity index (χ1n) is 9.92. The number of rotatable bonds is 8. The summed E-state index contributed by atoms with van der Waals surface area (Å²) in [4.78, 5) is 25.9. The Balaban J connectivity index is 1.38. The van der Waals surface area contributed by atoms with E-state index in [2.05, 4.69) is 12.2 Å². The average molecular weight is 364 g/mol. The van der Waals surface area contributed by atoms with Crippen LogP contribution in [0.2, 0.25) is 0 Å². The largest absolute Gasteiger partial charge is 0.350 e. The number of carbonyl (C=O) groups excluding carboxylic acids is 2. The summed E-state index contributed by atoms with van der Waals surface area (Å²) in [5.41, 5.74) is 0. The first kappa shape index (κ1) is 18.3. The normalized spacial score (nSPS) is 34.6. The first-order chi connectivity index (χ1) is 12.7. The van der Waals surface area contributed by atoms with Crippen LogP contribution in [0.25, 0.3) is 0 Å². The van der Waals surface area contributed by atoms with Crippen molar-refractivity contribution < 1.29 is 28.5 Å². The molecule has 144 valence electrons. The molecule has 0 spiro atoms. The molecule has 0 aromatic heterocycles. The van der Waals surface area contributed by atoms with Gasteiger partial charge in [0.05, 0.1) is 26.4 Å². The van der Waals surface area contributed by atoms with E-state index in [0.29, 0.717) is 52.1 Å². The van der Waals surface area contributed by atoms with Crippen molar-refractivity contribution in [1.29, 1.82) is 0 Å². The molecule has 3 fully saturated rings. The second kappa shape index (κ2) is 8.30. The minimum atomic E-state index is -0.263. The molecule has 2 heterocycles. The van der Waals surface area contributed by atoms with Gasteiger partial charge in [-0.2, -0.15) is 0 Å². The fourth-order valence-corrected chi connectivity index (χ4v) is 4.87. The van der Waals surface area contributed by atoms with E-state index < -0.39 is 0 Å². The van der Waals surface area contributed by atoms with Crippen molar-refractivity contribution in [2.75, 3.05) is 26.4 Å². The lowest BCUT2D eigenvalue weighted by Crippen LogP contribution is -2.45. The van der Waals surface area contributed by atoms with Gasteiger partial charge in [-0.3, -0.25) is 9.59 Å². The van der Waals surface area contributed by atoms with Crippen LogP contribution in [0.4, 0.5) is 0 Å². The van der Waals surface area contributed by atoms with E-state index in [1.807, 2.05) is 0 Å². The van der Waals surface area contributed by atoms with Gasteiger partial charge in [0, 0.05) is 37.5 Å². The molecule has 2 bridgehead atoms. The molecule has 0 amide bonds. The molecule has 0 N–H and O–H groups in total. The first-order valence-corrected chi connectivity index (χ1v) is 9.92. The molecule has 5 rings (SSSR count). The minimum Gasteiger partial charge on any atom is -0.350 e. The summed E-state index contributed by atoms with van der Waals surface area (Å²) in [5.74, 6) is 0.414. The van der Waals surface area contributed by atoms with E-state index in [1.54, 1.807) is 0 Å². The van der Waals surface area contributed by atoms with Gasteiger partial charge in [0.25, 0.3) is 0 Å². The number of Topliss-reactive ketones (excluding diaryl/α,β-unsaturated/α-hetero) is 2. The molecule has 2 aliphatic heterocycles. The van der Waals surface area contributed by atoms with Gasteiger partial charge in [0.1, 0.15) is 11.6 Å². The van der Waals surface area contributed by atoms with Crippen molar-refractivity contribution in [3.8, 4) is 0 Å². The summed E-state index contributed by atoms with van der Waals surface area (Å²) in [5, 5.41) is 0. The molecule has 26 heavy (non-hydrogen) atoms. The van der Waals surface area contributed by atoms with Crippen molar-refractivity contribution in [1.82, 2.24) is 0 Å². The molecule has 0 unspecified atom stereocenters. The highest BCUT2D eigenvalue weighted by Crippen LogP contribution is 2.46. The maximum atomic E-state index is 13.0. The number of carbonyl (C=O) groups is 2. The third kappa shape index (κ3) is 3.93. The molecular formula is C20H28O6. The third-order valence-corrected chi connectivity index (χ3v) is 6.13. The van der Waals surface area contributed by atoms with Crippen LogP contribution < -0.4 is 0 Å². The second-order valence-electron chi connectivity index (χ2n) is 7.69. The van der Waals surface area contributed by atoms with Crippen molar-refractivity contribution in [2.24, 2.45) is 23.7 Å². The van der Waals surface area contributed by atoms with Crippen molar-refractivity contribution in [2.45, 2.75) is 51.1 Å². The summed E-state index contributed by atoms with van der Waals surface area (Å²) in [7, 11) is 0. The van der Waals surface area contributed by atoms with Crippen LogP contribution in [-0.2, 0) is 28.5 Å². The molecule has 6 nitrogen and oxygen atoms in total. The number of hydrogen-bond acceptors (Lipinski definition) is 6. The van der Waals surface area contributed by atoms with Gasteiger partial charge in [-0.05, 0) is 24.7 Å². The molecular weight excluding hydrogens is 336 g/mol. The number of fused-ring (bicyclic) bond motifs is 2. The molecule has 5 aliphatic rings. The van der Waals surface area contributed by atoms with Gasteiger partial charge in [-0.1, -0.05) is 12.2 Å². The summed E-state index contributed by atoms with van der Waals surface area (Å²) < 4.78 is 21.8. The number of ether oxygens (including phenoxy) is 4. The topological polar surface area (TPSA) is 71.1 Å². The maximum Gasteiger partial charge on any atom is 0.158 e. The quantitative estimate of drug-likeness (QED) is 0.615. The lowest BCUT2D eigenvalue weighted by Gasteiger charge is -2.43. The Morgan fingerprint density at radius 1 is 0.692 bits per heavy atom. The molecule has 0 aromatic carbocycles. The Labute approximate surface area is 154 Å². The maximum absolute atomic E-state index is 13.0. The van der Waals surface area contributed by atoms with E-state index in [0.717, 1.165) is 12.8 Å². The van der Waals surface area contributed by atoms with Crippen LogP contribution in [-0.4, -0.2) is 50.6 Å². The SMILES string of the molecule is O=C(CCC1OCCO1)[C@@H]1[C@@H](C(=O)CCC2OCCO2)[C@H]2C=C[C@@H]1CC2. The van der Waals surface area contributed by atoms with Crippen LogP contribution >= 0.6 is 0 Å². The van der Waals surface area contributed by atoms with E-state index in [9.17, 15) is 9.59 Å².